The number of carbonyl (C=O) groups is 1. The fraction of sp³-hybridized carbons (Fsp3) is 0.435. The maximum atomic E-state index is 13.0. The molecule has 1 amide bonds. The quantitative estimate of drug-likeness (QED) is 0.748. The van der Waals surface area contributed by atoms with E-state index in [0.717, 1.165) is 38.0 Å². The minimum Gasteiger partial charge on any atom is -0.489 e. The van der Waals surface area contributed by atoms with Gasteiger partial charge in [-0.1, -0.05) is 49.2 Å². The van der Waals surface area contributed by atoms with Crippen molar-refractivity contribution in [3.05, 3.63) is 58.1 Å². The summed E-state index contributed by atoms with van der Waals surface area (Å²) in [6, 6.07) is 12.4. The first-order valence-corrected chi connectivity index (χ1v) is 10.8. The van der Waals surface area contributed by atoms with Crippen LogP contribution in [0.15, 0.2) is 36.4 Å². The third-order valence-electron chi connectivity index (χ3n) is 5.72. The van der Waals surface area contributed by atoms with E-state index in [-0.39, 0.29) is 11.9 Å². The Balaban J connectivity index is 1.48. The number of hydrogen-bond acceptors (Lipinski definition) is 4. The third-order valence-corrected chi connectivity index (χ3v) is 5.94. The number of benzene rings is 2. The highest BCUT2D eigenvalue weighted by Crippen LogP contribution is 2.34. The van der Waals surface area contributed by atoms with Gasteiger partial charge in [-0.2, -0.15) is 0 Å². The maximum Gasteiger partial charge on any atom is 0.255 e. The van der Waals surface area contributed by atoms with Crippen molar-refractivity contribution in [3.8, 4) is 5.75 Å². The fourth-order valence-electron chi connectivity index (χ4n) is 4.16. The van der Waals surface area contributed by atoms with Crippen LogP contribution in [-0.4, -0.2) is 43.1 Å². The van der Waals surface area contributed by atoms with Gasteiger partial charge >= 0.3 is 0 Å². The lowest BCUT2D eigenvalue weighted by molar-refractivity contribution is 0.0920. The SMILES string of the molecule is CCCCN1Cc2ccccc2C[C@H]1CNC(=O)c1cc(Cl)cc2c1OCCN2. The van der Waals surface area contributed by atoms with E-state index in [4.69, 9.17) is 16.3 Å². The molecule has 5 nitrogen and oxygen atoms in total. The number of anilines is 1. The smallest absolute Gasteiger partial charge is 0.255 e. The molecule has 2 aliphatic heterocycles. The Kier molecular flexibility index (Phi) is 6.26. The number of nitrogens with one attached hydrogen (secondary N) is 2. The van der Waals surface area contributed by atoms with E-state index >= 15 is 0 Å². The second kappa shape index (κ2) is 9.06. The molecule has 0 radical (unpaired) electrons. The molecular formula is C23H28ClN3O2. The molecule has 29 heavy (non-hydrogen) atoms. The summed E-state index contributed by atoms with van der Waals surface area (Å²) in [5.41, 5.74) is 4.06. The summed E-state index contributed by atoms with van der Waals surface area (Å²) in [5.74, 6) is 0.455. The van der Waals surface area contributed by atoms with E-state index in [0.29, 0.717) is 36.0 Å². The molecule has 154 valence electrons. The lowest BCUT2D eigenvalue weighted by Crippen LogP contribution is -2.47. The van der Waals surface area contributed by atoms with Crippen molar-refractivity contribution in [2.75, 3.05) is 31.6 Å². The molecule has 0 saturated heterocycles. The van der Waals surface area contributed by atoms with Crippen molar-refractivity contribution >= 4 is 23.2 Å². The summed E-state index contributed by atoms with van der Waals surface area (Å²) >= 11 is 6.23. The molecule has 0 aliphatic carbocycles. The minimum atomic E-state index is -0.137. The lowest BCUT2D eigenvalue weighted by atomic mass is 9.93. The Morgan fingerprint density at radius 2 is 2.14 bits per heavy atom. The highest BCUT2D eigenvalue weighted by atomic mass is 35.5. The molecule has 2 aliphatic rings. The van der Waals surface area contributed by atoms with E-state index in [9.17, 15) is 4.79 Å². The lowest BCUT2D eigenvalue weighted by Gasteiger charge is -2.37. The Morgan fingerprint density at radius 1 is 1.31 bits per heavy atom. The van der Waals surface area contributed by atoms with Gasteiger partial charge in [-0.3, -0.25) is 9.69 Å². The van der Waals surface area contributed by atoms with Gasteiger partial charge in [0.2, 0.25) is 0 Å². The van der Waals surface area contributed by atoms with Crippen molar-refractivity contribution in [2.45, 2.75) is 38.8 Å². The third kappa shape index (κ3) is 4.51. The van der Waals surface area contributed by atoms with Crippen molar-refractivity contribution < 1.29 is 9.53 Å². The molecule has 2 aromatic rings. The number of halogens is 1. The van der Waals surface area contributed by atoms with Gasteiger partial charge in [0.15, 0.2) is 5.75 Å². The summed E-state index contributed by atoms with van der Waals surface area (Å²) in [6.45, 7) is 6.05. The molecule has 1 atom stereocenters. The van der Waals surface area contributed by atoms with Crippen molar-refractivity contribution in [1.29, 1.82) is 0 Å². The molecule has 2 aromatic carbocycles. The van der Waals surface area contributed by atoms with E-state index in [1.165, 1.54) is 11.1 Å². The van der Waals surface area contributed by atoms with E-state index in [1.807, 2.05) is 0 Å². The van der Waals surface area contributed by atoms with Crippen molar-refractivity contribution in [1.82, 2.24) is 10.2 Å². The van der Waals surface area contributed by atoms with Crippen LogP contribution in [-0.2, 0) is 13.0 Å². The summed E-state index contributed by atoms with van der Waals surface area (Å²) in [7, 11) is 0. The minimum absolute atomic E-state index is 0.137. The largest absolute Gasteiger partial charge is 0.489 e. The first-order valence-electron chi connectivity index (χ1n) is 10.4. The number of hydrogen-bond donors (Lipinski definition) is 2. The van der Waals surface area contributed by atoms with Crippen molar-refractivity contribution in [2.24, 2.45) is 0 Å². The zero-order valence-corrected chi connectivity index (χ0v) is 17.6. The van der Waals surface area contributed by atoms with Crippen LogP contribution in [0.2, 0.25) is 5.02 Å². The van der Waals surface area contributed by atoms with Gasteiger partial charge < -0.3 is 15.4 Å². The van der Waals surface area contributed by atoms with Gasteiger partial charge in [-0.25, -0.2) is 0 Å². The number of unbranched alkanes of at least 4 members (excludes halogenated alkanes) is 1. The van der Waals surface area contributed by atoms with Crippen LogP contribution in [0.4, 0.5) is 5.69 Å². The van der Waals surface area contributed by atoms with Crippen LogP contribution < -0.4 is 15.4 Å². The summed E-state index contributed by atoms with van der Waals surface area (Å²) in [5, 5.41) is 6.91. The zero-order chi connectivity index (χ0) is 20.2. The number of nitrogens with zero attached hydrogens (tertiary/aromatic N) is 1. The summed E-state index contributed by atoms with van der Waals surface area (Å²) in [6.07, 6.45) is 3.27. The second-order valence-corrected chi connectivity index (χ2v) is 8.20. The standard InChI is InChI=1S/C23H28ClN3O2/c1-2-3-9-27-15-17-7-5-4-6-16(17)11-19(27)14-26-23(28)20-12-18(24)13-21-22(20)29-10-8-25-21/h4-7,12-13,19,25H,2-3,8-11,14-15H2,1H3,(H,26,28)/t19-/m0/s1. The van der Waals surface area contributed by atoms with Crippen LogP contribution in [0.3, 0.4) is 0 Å². The zero-order valence-electron chi connectivity index (χ0n) is 16.8. The Bertz CT molecular complexity index is 886. The topological polar surface area (TPSA) is 53.6 Å². The number of ether oxygens (including phenoxy) is 1. The van der Waals surface area contributed by atoms with Gasteiger partial charge in [0.25, 0.3) is 5.91 Å². The maximum absolute atomic E-state index is 13.0. The number of amides is 1. The Labute approximate surface area is 177 Å². The molecule has 0 aromatic heterocycles. The molecule has 0 unspecified atom stereocenters. The van der Waals surface area contributed by atoms with Crippen LogP contribution in [0.25, 0.3) is 0 Å². The van der Waals surface area contributed by atoms with Crippen LogP contribution in [0.5, 0.6) is 5.75 Å². The molecule has 0 fully saturated rings. The average molecular weight is 414 g/mol. The molecule has 0 bridgehead atoms. The Morgan fingerprint density at radius 3 is 2.97 bits per heavy atom. The normalized spacial score (nSPS) is 18.2. The molecule has 0 saturated carbocycles. The Hall–Kier alpha value is -2.24. The van der Waals surface area contributed by atoms with Crippen LogP contribution >= 0.6 is 11.6 Å². The van der Waals surface area contributed by atoms with Gasteiger partial charge in [-0.05, 0) is 42.6 Å². The predicted molar refractivity (Wildman–Crippen MR) is 117 cm³/mol. The molecule has 2 N–H and O–H groups in total. The van der Waals surface area contributed by atoms with Gasteiger partial charge in [0.1, 0.15) is 6.61 Å². The van der Waals surface area contributed by atoms with E-state index in [1.54, 1.807) is 12.1 Å². The summed E-state index contributed by atoms with van der Waals surface area (Å²) < 4.78 is 5.75. The summed E-state index contributed by atoms with van der Waals surface area (Å²) in [4.78, 5) is 15.5. The van der Waals surface area contributed by atoms with Crippen LogP contribution in [0.1, 0.15) is 41.3 Å². The highest BCUT2D eigenvalue weighted by molar-refractivity contribution is 6.31. The first kappa shape index (κ1) is 20.0. The predicted octanol–water partition coefficient (Wildman–Crippen LogP) is 4.10. The van der Waals surface area contributed by atoms with E-state index < -0.39 is 0 Å². The molecule has 6 heteroatoms. The monoisotopic (exact) mass is 413 g/mol. The average Bonchev–Trinajstić information content (AvgIpc) is 2.75. The molecule has 0 spiro atoms. The highest BCUT2D eigenvalue weighted by Gasteiger charge is 2.27. The van der Waals surface area contributed by atoms with Crippen LogP contribution in [0, 0.1) is 0 Å². The number of fused-ring (bicyclic) bond motifs is 2. The van der Waals surface area contributed by atoms with Crippen molar-refractivity contribution in [3.63, 3.8) is 0 Å². The second-order valence-electron chi connectivity index (χ2n) is 7.77. The van der Waals surface area contributed by atoms with Gasteiger partial charge in [0, 0.05) is 30.7 Å². The van der Waals surface area contributed by atoms with E-state index in [2.05, 4.69) is 46.7 Å². The fourth-order valence-corrected chi connectivity index (χ4v) is 4.38. The molecule has 4 rings (SSSR count). The molecule has 2 heterocycles. The number of carbonyl (C=O) groups excluding carboxylic acids is 1. The van der Waals surface area contributed by atoms with Gasteiger partial charge in [-0.15, -0.1) is 0 Å². The molecular weight excluding hydrogens is 386 g/mol. The van der Waals surface area contributed by atoms with Gasteiger partial charge in [0.05, 0.1) is 11.3 Å². The first-order chi connectivity index (χ1) is 14.2. The number of rotatable bonds is 6.